The molecular weight excluding hydrogens is 340 g/mol. The molecule has 4 aromatic carbocycles. The molecule has 0 aliphatic carbocycles. The third-order valence-electron chi connectivity index (χ3n) is 5.59. The summed E-state index contributed by atoms with van der Waals surface area (Å²) in [5.74, 6) is 0. The normalized spacial score (nSPS) is 12.1. The summed E-state index contributed by atoms with van der Waals surface area (Å²) in [6.45, 7) is 0. The highest BCUT2D eigenvalue weighted by molar-refractivity contribution is 6.12. The fraction of sp³-hybridized carbons (Fsp3) is 0. The smallest absolute Gasteiger partial charge is 0.0538 e. The first-order valence-corrected chi connectivity index (χ1v) is 9.55. The van der Waals surface area contributed by atoms with Gasteiger partial charge in [0.2, 0.25) is 0 Å². The zero-order valence-electron chi connectivity index (χ0n) is 15.2. The minimum atomic E-state index is 1.18. The number of para-hydroxylation sites is 4. The summed E-state index contributed by atoms with van der Waals surface area (Å²) in [6, 6.07) is 29.9. The average Bonchev–Trinajstić information content (AvgIpc) is 3.31. The molecule has 0 amide bonds. The summed E-state index contributed by atoms with van der Waals surface area (Å²) < 4.78 is 0. The summed E-state index contributed by atoms with van der Waals surface area (Å²) in [6.07, 6.45) is 4.41. The van der Waals surface area contributed by atoms with Crippen molar-refractivity contribution >= 4 is 55.8 Å². The molecule has 2 heterocycles. The number of hydrogen-bond acceptors (Lipinski definition) is 0. The van der Waals surface area contributed by atoms with Gasteiger partial charge in [-0.1, -0.05) is 84.9 Å². The molecule has 0 unspecified atom stereocenters. The molecule has 0 saturated carbocycles. The maximum atomic E-state index is 3.58. The van der Waals surface area contributed by atoms with E-state index in [-0.39, 0.29) is 0 Å². The standard InChI is InChI=1S/C26H18N2/c1-3-13-23-19(9-1)21-11-5-7-17(25(21)27-23)15-16-18-8-6-12-22-20-10-2-4-14-24(20)28-26(18)22/h1-16,27-28H/b16-15+. The van der Waals surface area contributed by atoms with Crippen LogP contribution in [0.1, 0.15) is 11.1 Å². The number of aromatic amines is 2. The average molecular weight is 358 g/mol. The Morgan fingerprint density at radius 3 is 1.36 bits per heavy atom. The molecule has 0 atom stereocenters. The van der Waals surface area contributed by atoms with E-state index in [1.165, 1.54) is 54.7 Å². The Balaban J connectivity index is 1.53. The molecule has 0 bridgehead atoms. The molecule has 28 heavy (non-hydrogen) atoms. The fourth-order valence-corrected chi connectivity index (χ4v) is 4.25. The molecular formula is C26H18N2. The maximum absolute atomic E-state index is 3.58. The number of benzene rings is 4. The SMILES string of the molecule is C(=C\c1cccc2c1[nH]c1ccccc12)/c1cccc2c1[nH]c1ccccc12. The van der Waals surface area contributed by atoms with E-state index >= 15 is 0 Å². The molecule has 0 spiro atoms. The number of H-pyrrole nitrogens is 2. The number of rotatable bonds is 2. The molecule has 2 N–H and O–H groups in total. The van der Waals surface area contributed by atoms with Gasteiger partial charge in [0.25, 0.3) is 0 Å². The van der Waals surface area contributed by atoms with Gasteiger partial charge in [0.05, 0.1) is 11.0 Å². The van der Waals surface area contributed by atoms with Crippen molar-refractivity contribution in [3.05, 3.63) is 96.1 Å². The minimum absolute atomic E-state index is 1.18. The van der Waals surface area contributed by atoms with Crippen LogP contribution in [-0.2, 0) is 0 Å². The van der Waals surface area contributed by atoms with Crippen molar-refractivity contribution in [2.45, 2.75) is 0 Å². The second-order valence-corrected chi connectivity index (χ2v) is 7.21. The lowest BCUT2D eigenvalue weighted by molar-refractivity contribution is 1.53. The monoisotopic (exact) mass is 358 g/mol. The van der Waals surface area contributed by atoms with Crippen molar-refractivity contribution in [1.29, 1.82) is 0 Å². The van der Waals surface area contributed by atoms with Gasteiger partial charge in [0.15, 0.2) is 0 Å². The second-order valence-electron chi connectivity index (χ2n) is 7.21. The molecule has 2 nitrogen and oxygen atoms in total. The van der Waals surface area contributed by atoms with E-state index in [0.717, 1.165) is 0 Å². The lowest BCUT2D eigenvalue weighted by Crippen LogP contribution is -1.78. The van der Waals surface area contributed by atoms with Gasteiger partial charge in [-0.3, -0.25) is 0 Å². The molecule has 0 aliphatic heterocycles. The van der Waals surface area contributed by atoms with Crippen LogP contribution in [0.5, 0.6) is 0 Å². The van der Waals surface area contributed by atoms with Crippen LogP contribution in [0.15, 0.2) is 84.9 Å². The van der Waals surface area contributed by atoms with Gasteiger partial charge < -0.3 is 9.97 Å². The Morgan fingerprint density at radius 1 is 0.429 bits per heavy atom. The predicted octanol–water partition coefficient (Wildman–Crippen LogP) is 7.13. The van der Waals surface area contributed by atoms with Crippen molar-refractivity contribution in [2.75, 3.05) is 0 Å². The maximum Gasteiger partial charge on any atom is 0.0538 e. The number of aromatic nitrogens is 2. The van der Waals surface area contributed by atoms with Crippen LogP contribution < -0.4 is 0 Å². The lowest BCUT2D eigenvalue weighted by Gasteiger charge is -1.99. The van der Waals surface area contributed by atoms with E-state index < -0.39 is 0 Å². The number of hydrogen-bond donors (Lipinski definition) is 2. The van der Waals surface area contributed by atoms with Crippen molar-refractivity contribution in [3.8, 4) is 0 Å². The van der Waals surface area contributed by atoms with E-state index in [0.29, 0.717) is 0 Å². The Bertz CT molecular complexity index is 1400. The minimum Gasteiger partial charge on any atom is -0.354 e. The van der Waals surface area contributed by atoms with E-state index in [1.54, 1.807) is 0 Å². The summed E-state index contributed by atoms with van der Waals surface area (Å²) >= 11 is 0. The van der Waals surface area contributed by atoms with Crippen LogP contribution in [0, 0.1) is 0 Å². The Morgan fingerprint density at radius 2 is 0.857 bits per heavy atom. The number of nitrogens with one attached hydrogen (secondary N) is 2. The van der Waals surface area contributed by atoms with E-state index in [4.69, 9.17) is 0 Å². The van der Waals surface area contributed by atoms with Crippen molar-refractivity contribution < 1.29 is 0 Å². The molecule has 0 aliphatic rings. The van der Waals surface area contributed by atoms with Gasteiger partial charge in [-0.2, -0.15) is 0 Å². The fourth-order valence-electron chi connectivity index (χ4n) is 4.25. The largest absolute Gasteiger partial charge is 0.354 e. The topological polar surface area (TPSA) is 31.6 Å². The molecule has 6 aromatic rings. The van der Waals surface area contributed by atoms with E-state index in [9.17, 15) is 0 Å². The van der Waals surface area contributed by atoms with Gasteiger partial charge in [-0.25, -0.2) is 0 Å². The van der Waals surface area contributed by atoms with E-state index in [2.05, 4.69) is 107 Å². The van der Waals surface area contributed by atoms with Crippen LogP contribution in [0.3, 0.4) is 0 Å². The molecule has 132 valence electrons. The molecule has 0 fully saturated rings. The van der Waals surface area contributed by atoms with Crippen LogP contribution in [-0.4, -0.2) is 9.97 Å². The molecule has 6 rings (SSSR count). The zero-order chi connectivity index (χ0) is 18.5. The van der Waals surface area contributed by atoms with Crippen LogP contribution in [0.25, 0.3) is 55.8 Å². The summed E-state index contributed by atoms with van der Waals surface area (Å²) in [5.41, 5.74) is 7.11. The lowest BCUT2D eigenvalue weighted by atomic mass is 10.1. The first kappa shape index (κ1) is 15.3. The third-order valence-corrected chi connectivity index (χ3v) is 5.59. The summed E-state index contributed by atoms with van der Waals surface area (Å²) in [5, 5.41) is 5.07. The van der Waals surface area contributed by atoms with Gasteiger partial charge in [0, 0.05) is 32.6 Å². The van der Waals surface area contributed by atoms with Gasteiger partial charge in [-0.05, 0) is 23.3 Å². The molecule has 0 saturated heterocycles. The molecule has 2 heteroatoms. The van der Waals surface area contributed by atoms with Gasteiger partial charge >= 0.3 is 0 Å². The third kappa shape index (κ3) is 2.21. The van der Waals surface area contributed by atoms with Crippen LogP contribution in [0.4, 0.5) is 0 Å². The molecule has 0 radical (unpaired) electrons. The highest BCUT2D eigenvalue weighted by atomic mass is 14.7. The van der Waals surface area contributed by atoms with Crippen molar-refractivity contribution in [1.82, 2.24) is 9.97 Å². The highest BCUT2D eigenvalue weighted by Crippen LogP contribution is 2.30. The van der Waals surface area contributed by atoms with E-state index in [1.807, 2.05) is 0 Å². The molecule has 2 aromatic heterocycles. The second kappa shape index (κ2) is 5.86. The predicted molar refractivity (Wildman–Crippen MR) is 121 cm³/mol. The zero-order valence-corrected chi connectivity index (χ0v) is 15.2. The Kier molecular flexibility index (Phi) is 3.20. The Hall–Kier alpha value is -3.78. The van der Waals surface area contributed by atoms with Crippen molar-refractivity contribution in [2.24, 2.45) is 0 Å². The summed E-state index contributed by atoms with van der Waals surface area (Å²) in [4.78, 5) is 7.16. The van der Waals surface area contributed by atoms with Crippen LogP contribution in [0.2, 0.25) is 0 Å². The first-order chi connectivity index (χ1) is 13.9. The highest BCUT2D eigenvalue weighted by Gasteiger charge is 2.07. The Labute approximate surface area is 162 Å². The summed E-state index contributed by atoms with van der Waals surface area (Å²) in [7, 11) is 0. The van der Waals surface area contributed by atoms with Gasteiger partial charge in [-0.15, -0.1) is 0 Å². The quantitative estimate of drug-likeness (QED) is 0.309. The first-order valence-electron chi connectivity index (χ1n) is 9.55. The van der Waals surface area contributed by atoms with Crippen molar-refractivity contribution in [3.63, 3.8) is 0 Å². The van der Waals surface area contributed by atoms with Crippen LogP contribution >= 0.6 is 0 Å². The number of fused-ring (bicyclic) bond motifs is 6. The van der Waals surface area contributed by atoms with Gasteiger partial charge in [0.1, 0.15) is 0 Å².